The number of carbonyl (C=O) groups excluding carboxylic acids is 1. The van der Waals surface area contributed by atoms with Crippen LogP contribution in [0.5, 0.6) is 0 Å². The van der Waals surface area contributed by atoms with E-state index in [4.69, 9.17) is 4.74 Å². The van der Waals surface area contributed by atoms with Crippen LogP contribution in [-0.2, 0) is 4.74 Å². The van der Waals surface area contributed by atoms with E-state index in [0.717, 1.165) is 0 Å². The molecule has 2 rings (SSSR count). The summed E-state index contributed by atoms with van der Waals surface area (Å²) in [4.78, 5) is 20.0. The molecule has 2 aromatic heterocycles. The van der Waals surface area contributed by atoms with Crippen LogP contribution in [0.4, 0.5) is 0 Å². The fraction of sp³-hybridized carbons (Fsp3) is 0.333. The Bertz CT molecular complexity index is 543. The molecule has 0 bridgehead atoms. The lowest BCUT2D eigenvalue weighted by Gasteiger charge is -2.18. The van der Waals surface area contributed by atoms with Crippen molar-refractivity contribution in [3.63, 3.8) is 0 Å². The van der Waals surface area contributed by atoms with Gasteiger partial charge in [-0.15, -0.1) is 0 Å². The Morgan fingerprint density at radius 2 is 2.11 bits per heavy atom. The van der Waals surface area contributed by atoms with Crippen molar-refractivity contribution < 1.29 is 9.53 Å². The van der Waals surface area contributed by atoms with Gasteiger partial charge in [0.15, 0.2) is 11.5 Å². The van der Waals surface area contributed by atoms with Gasteiger partial charge < -0.3 is 4.74 Å². The number of hydrogen-bond acceptors (Lipinski definition) is 5. The Balaban J connectivity index is 2.25. The van der Waals surface area contributed by atoms with Crippen molar-refractivity contribution in [3.8, 4) is 5.82 Å². The van der Waals surface area contributed by atoms with Crippen molar-refractivity contribution in [1.29, 1.82) is 0 Å². The number of hydrogen-bond donors (Lipinski definition) is 0. The fourth-order valence-electron chi connectivity index (χ4n) is 1.30. The molecule has 6 nitrogen and oxygen atoms in total. The number of ether oxygens (including phenoxy) is 1. The molecule has 0 atom stereocenters. The first-order chi connectivity index (χ1) is 8.46. The maximum atomic E-state index is 11.8. The highest BCUT2D eigenvalue weighted by Crippen LogP contribution is 2.11. The minimum Gasteiger partial charge on any atom is -0.455 e. The third kappa shape index (κ3) is 2.91. The number of rotatable bonds is 2. The minimum absolute atomic E-state index is 0.165. The Labute approximate surface area is 105 Å². The summed E-state index contributed by atoms with van der Waals surface area (Å²) in [6, 6.07) is 1.77. The first-order valence-corrected chi connectivity index (χ1v) is 5.51. The lowest BCUT2D eigenvalue weighted by Crippen LogP contribution is -2.24. The minimum atomic E-state index is -0.555. The fourth-order valence-corrected chi connectivity index (χ4v) is 1.30. The first kappa shape index (κ1) is 12.2. The van der Waals surface area contributed by atoms with Gasteiger partial charge in [-0.05, 0) is 26.8 Å². The smallest absolute Gasteiger partial charge is 0.359 e. The first-order valence-electron chi connectivity index (χ1n) is 5.51. The van der Waals surface area contributed by atoms with Gasteiger partial charge in [-0.25, -0.2) is 14.5 Å². The number of nitrogens with zero attached hydrogens (tertiary/aromatic N) is 4. The highest BCUT2D eigenvalue weighted by molar-refractivity contribution is 5.87. The SMILES string of the molecule is CC(C)(C)OC(=O)c1cncc(-n2cccn2)n1. The molecule has 0 spiro atoms. The molecule has 0 aliphatic heterocycles. The monoisotopic (exact) mass is 246 g/mol. The predicted molar refractivity (Wildman–Crippen MR) is 64.3 cm³/mol. The van der Waals surface area contributed by atoms with Crippen molar-refractivity contribution in [1.82, 2.24) is 19.7 Å². The third-order valence-electron chi connectivity index (χ3n) is 1.97. The van der Waals surface area contributed by atoms with Crippen molar-refractivity contribution in [3.05, 3.63) is 36.5 Å². The molecular weight excluding hydrogens is 232 g/mol. The topological polar surface area (TPSA) is 69.9 Å². The standard InChI is InChI=1S/C12H14N4O2/c1-12(2,3)18-11(17)9-7-13-8-10(15-9)16-6-4-5-14-16/h4-8H,1-3H3. The summed E-state index contributed by atoms with van der Waals surface area (Å²) in [5.74, 6) is -0.0210. The van der Waals surface area contributed by atoms with Gasteiger partial charge in [0, 0.05) is 12.4 Å². The van der Waals surface area contributed by atoms with Gasteiger partial charge >= 0.3 is 5.97 Å². The average molecular weight is 246 g/mol. The number of esters is 1. The van der Waals surface area contributed by atoms with Crippen LogP contribution in [0.2, 0.25) is 0 Å². The van der Waals surface area contributed by atoms with Crippen molar-refractivity contribution in [2.45, 2.75) is 26.4 Å². The highest BCUT2D eigenvalue weighted by atomic mass is 16.6. The van der Waals surface area contributed by atoms with Gasteiger partial charge in [0.2, 0.25) is 0 Å². The predicted octanol–water partition coefficient (Wildman–Crippen LogP) is 1.62. The Hall–Kier alpha value is -2.24. The third-order valence-corrected chi connectivity index (χ3v) is 1.97. The van der Waals surface area contributed by atoms with Crippen LogP contribution in [0.25, 0.3) is 5.82 Å². The van der Waals surface area contributed by atoms with Gasteiger partial charge in [-0.1, -0.05) is 0 Å². The maximum Gasteiger partial charge on any atom is 0.359 e. The van der Waals surface area contributed by atoms with Crippen molar-refractivity contribution >= 4 is 5.97 Å². The van der Waals surface area contributed by atoms with E-state index < -0.39 is 11.6 Å². The highest BCUT2D eigenvalue weighted by Gasteiger charge is 2.19. The van der Waals surface area contributed by atoms with E-state index in [2.05, 4.69) is 15.1 Å². The lowest BCUT2D eigenvalue weighted by atomic mass is 10.2. The Morgan fingerprint density at radius 3 is 2.72 bits per heavy atom. The van der Waals surface area contributed by atoms with Crippen molar-refractivity contribution in [2.24, 2.45) is 0 Å². The molecule has 0 aliphatic carbocycles. The average Bonchev–Trinajstić information content (AvgIpc) is 2.80. The summed E-state index contributed by atoms with van der Waals surface area (Å²) in [6.45, 7) is 5.40. The molecule has 0 saturated heterocycles. The zero-order valence-corrected chi connectivity index (χ0v) is 10.5. The van der Waals surface area contributed by atoms with Crippen LogP contribution < -0.4 is 0 Å². The van der Waals surface area contributed by atoms with E-state index in [1.807, 2.05) is 0 Å². The van der Waals surface area contributed by atoms with Gasteiger partial charge in [0.25, 0.3) is 0 Å². The van der Waals surface area contributed by atoms with E-state index in [0.29, 0.717) is 5.82 Å². The molecule has 2 heterocycles. The van der Waals surface area contributed by atoms with Gasteiger partial charge in [0.1, 0.15) is 5.60 Å². The maximum absolute atomic E-state index is 11.8. The summed E-state index contributed by atoms with van der Waals surface area (Å²) < 4.78 is 6.75. The van der Waals surface area contributed by atoms with Crippen LogP contribution in [0.15, 0.2) is 30.9 Å². The van der Waals surface area contributed by atoms with Crippen LogP contribution in [0, 0.1) is 0 Å². The summed E-state index contributed by atoms with van der Waals surface area (Å²) >= 11 is 0. The summed E-state index contributed by atoms with van der Waals surface area (Å²) in [5, 5.41) is 4.02. The molecular formula is C12H14N4O2. The zero-order valence-electron chi connectivity index (χ0n) is 10.5. The van der Waals surface area contributed by atoms with E-state index in [1.165, 1.54) is 17.1 Å². The number of carbonyl (C=O) groups is 1. The molecule has 0 amide bonds. The Kier molecular flexibility index (Phi) is 3.10. The summed E-state index contributed by atoms with van der Waals surface area (Å²) in [5.41, 5.74) is -0.390. The molecule has 2 aromatic rings. The Morgan fingerprint density at radius 1 is 1.33 bits per heavy atom. The second kappa shape index (κ2) is 4.56. The summed E-state index contributed by atoms with van der Waals surface area (Å²) in [6.07, 6.45) is 6.26. The van der Waals surface area contributed by atoms with E-state index >= 15 is 0 Å². The largest absolute Gasteiger partial charge is 0.455 e. The van der Waals surface area contributed by atoms with Gasteiger partial charge in [0.05, 0.1) is 12.4 Å². The molecule has 6 heteroatoms. The quantitative estimate of drug-likeness (QED) is 0.753. The molecule has 94 valence electrons. The second-order valence-corrected chi connectivity index (χ2v) is 4.72. The van der Waals surface area contributed by atoms with Gasteiger partial charge in [-0.3, -0.25) is 4.98 Å². The molecule has 0 radical (unpaired) electrons. The lowest BCUT2D eigenvalue weighted by molar-refractivity contribution is 0.00622. The molecule has 0 aromatic carbocycles. The molecule has 0 N–H and O–H groups in total. The van der Waals surface area contributed by atoms with Crippen LogP contribution in [0.3, 0.4) is 0 Å². The van der Waals surface area contributed by atoms with Crippen molar-refractivity contribution in [2.75, 3.05) is 0 Å². The molecule has 0 saturated carbocycles. The van der Waals surface area contributed by atoms with E-state index in [1.54, 1.807) is 39.2 Å². The molecule has 0 aliphatic rings. The second-order valence-electron chi connectivity index (χ2n) is 4.72. The van der Waals surface area contributed by atoms with Crippen LogP contribution in [-0.4, -0.2) is 31.3 Å². The molecule has 18 heavy (non-hydrogen) atoms. The molecule has 0 unspecified atom stereocenters. The van der Waals surface area contributed by atoms with Crippen LogP contribution >= 0.6 is 0 Å². The summed E-state index contributed by atoms with van der Waals surface area (Å²) in [7, 11) is 0. The van der Waals surface area contributed by atoms with Crippen LogP contribution in [0.1, 0.15) is 31.3 Å². The van der Waals surface area contributed by atoms with E-state index in [9.17, 15) is 4.79 Å². The normalized spacial score (nSPS) is 11.3. The van der Waals surface area contributed by atoms with Gasteiger partial charge in [-0.2, -0.15) is 5.10 Å². The molecule has 0 fully saturated rings. The number of aromatic nitrogens is 4. The zero-order chi connectivity index (χ0) is 13.2. The van der Waals surface area contributed by atoms with E-state index in [-0.39, 0.29) is 5.69 Å².